The molecule has 5 nitrogen and oxygen atoms in total. The SMILES string of the molecule is N#Cc1csc(CNc2cccnc2N2CCC(O)CC2)c1. The Morgan fingerprint density at radius 3 is 3.00 bits per heavy atom. The van der Waals surface area contributed by atoms with Gasteiger partial charge in [-0.15, -0.1) is 11.3 Å². The van der Waals surface area contributed by atoms with Crippen molar-refractivity contribution in [3.63, 3.8) is 0 Å². The zero-order chi connectivity index (χ0) is 15.4. The zero-order valence-electron chi connectivity index (χ0n) is 12.2. The lowest BCUT2D eigenvalue weighted by molar-refractivity contribution is 0.145. The van der Waals surface area contributed by atoms with Crippen molar-refractivity contribution in [2.24, 2.45) is 0 Å². The van der Waals surface area contributed by atoms with Gasteiger partial charge in [-0.2, -0.15) is 5.26 Å². The molecule has 1 aliphatic heterocycles. The normalized spacial score (nSPS) is 15.5. The highest BCUT2D eigenvalue weighted by Gasteiger charge is 2.20. The van der Waals surface area contributed by atoms with Gasteiger partial charge in [-0.3, -0.25) is 0 Å². The predicted octanol–water partition coefficient (Wildman–Crippen LogP) is 2.59. The van der Waals surface area contributed by atoms with Crippen LogP contribution in [0.25, 0.3) is 0 Å². The first kappa shape index (κ1) is 14.8. The van der Waals surface area contributed by atoms with Gasteiger partial charge in [0.05, 0.1) is 17.4 Å². The minimum absolute atomic E-state index is 0.188. The van der Waals surface area contributed by atoms with Crippen molar-refractivity contribution in [3.05, 3.63) is 40.2 Å². The van der Waals surface area contributed by atoms with Gasteiger partial charge in [-0.25, -0.2) is 4.98 Å². The van der Waals surface area contributed by atoms with Crippen molar-refractivity contribution in [2.75, 3.05) is 23.3 Å². The Kier molecular flexibility index (Phi) is 4.56. The molecular weight excluding hydrogens is 296 g/mol. The summed E-state index contributed by atoms with van der Waals surface area (Å²) in [6.45, 7) is 2.33. The first-order valence-electron chi connectivity index (χ1n) is 7.35. The molecule has 0 unspecified atom stereocenters. The van der Waals surface area contributed by atoms with Crippen molar-refractivity contribution in [3.8, 4) is 6.07 Å². The third kappa shape index (κ3) is 3.38. The Bertz CT molecular complexity index is 671. The molecule has 3 heterocycles. The maximum atomic E-state index is 9.63. The minimum Gasteiger partial charge on any atom is -0.393 e. The van der Waals surface area contributed by atoms with Gasteiger partial charge in [-0.05, 0) is 31.0 Å². The maximum Gasteiger partial charge on any atom is 0.151 e. The van der Waals surface area contributed by atoms with Crippen LogP contribution in [-0.2, 0) is 6.54 Å². The van der Waals surface area contributed by atoms with Crippen molar-refractivity contribution >= 4 is 22.8 Å². The van der Waals surface area contributed by atoms with E-state index in [1.807, 2.05) is 23.6 Å². The molecule has 1 aliphatic rings. The second-order valence-electron chi connectivity index (χ2n) is 5.36. The van der Waals surface area contributed by atoms with Gasteiger partial charge in [0.25, 0.3) is 0 Å². The molecule has 0 radical (unpaired) electrons. The number of nitrogens with one attached hydrogen (secondary N) is 1. The summed E-state index contributed by atoms with van der Waals surface area (Å²) in [4.78, 5) is 7.83. The summed E-state index contributed by atoms with van der Waals surface area (Å²) >= 11 is 1.58. The van der Waals surface area contributed by atoms with Crippen LogP contribution in [0.2, 0.25) is 0 Å². The average molecular weight is 314 g/mol. The van der Waals surface area contributed by atoms with Gasteiger partial charge in [0.15, 0.2) is 5.82 Å². The van der Waals surface area contributed by atoms with Crippen LogP contribution in [0.15, 0.2) is 29.8 Å². The van der Waals surface area contributed by atoms with Crippen molar-refractivity contribution in [2.45, 2.75) is 25.5 Å². The standard InChI is InChI=1S/C16H18N4OS/c17-9-12-8-14(22-11-12)10-19-15-2-1-5-18-16(15)20-6-3-13(21)4-7-20/h1-2,5,8,11,13,19,21H,3-4,6-7,10H2. The molecule has 0 amide bonds. The third-order valence-corrected chi connectivity index (χ3v) is 4.72. The smallest absolute Gasteiger partial charge is 0.151 e. The molecule has 1 fully saturated rings. The first-order chi connectivity index (χ1) is 10.8. The number of aromatic nitrogens is 1. The number of nitriles is 1. The van der Waals surface area contributed by atoms with Crippen LogP contribution in [0.3, 0.4) is 0 Å². The summed E-state index contributed by atoms with van der Waals surface area (Å²) in [6, 6.07) is 8.00. The van der Waals surface area contributed by atoms with E-state index in [1.165, 1.54) is 0 Å². The number of rotatable bonds is 4. The highest BCUT2D eigenvalue weighted by molar-refractivity contribution is 7.10. The summed E-state index contributed by atoms with van der Waals surface area (Å²) in [6.07, 6.45) is 3.18. The topological polar surface area (TPSA) is 72.2 Å². The average Bonchev–Trinajstić information content (AvgIpc) is 3.02. The Labute approximate surface area is 133 Å². The predicted molar refractivity (Wildman–Crippen MR) is 88.1 cm³/mol. The third-order valence-electron chi connectivity index (χ3n) is 3.79. The molecule has 114 valence electrons. The summed E-state index contributed by atoms with van der Waals surface area (Å²) in [7, 11) is 0. The lowest BCUT2D eigenvalue weighted by Gasteiger charge is -2.31. The highest BCUT2D eigenvalue weighted by atomic mass is 32.1. The van der Waals surface area contributed by atoms with E-state index in [-0.39, 0.29) is 6.10 Å². The van der Waals surface area contributed by atoms with Crippen LogP contribution >= 0.6 is 11.3 Å². The summed E-state index contributed by atoms with van der Waals surface area (Å²) in [5, 5.41) is 23.8. The molecule has 0 saturated carbocycles. The molecule has 2 aromatic heterocycles. The Hall–Kier alpha value is -2.10. The van der Waals surface area contributed by atoms with E-state index in [1.54, 1.807) is 17.5 Å². The fourth-order valence-corrected chi connectivity index (χ4v) is 3.33. The van der Waals surface area contributed by atoms with Crippen LogP contribution in [0.4, 0.5) is 11.5 Å². The molecule has 0 atom stereocenters. The molecule has 2 N–H and O–H groups in total. The molecule has 3 rings (SSSR count). The fraction of sp³-hybridized carbons (Fsp3) is 0.375. The second-order valence-corrected chi connectivity index (χ2v) is 6.36. The largest absolute Gasteiger partial charge is 0.393 e. The number of hydrogen-bond donors (Lipinski definition) is 2. The van der Waals surface area contributed by atoms with E-state index in [0.717, 1.165) is 42.3 Å². The Balaban J connectivity index is 1.70. The number of anilines is 2. The van der Waals surface area contributed by atoms with E-state index < -0.39 is 0 Å². The molecule has 0 aromatic carbocycles. The number of thiophene rings is 1. The number of pyridine rings is 1. The summed E-state index contributed by atoms with van der Waals surface area (Å²) in [5.74, 6) is 0.937. The van der Waals surface area contributed by atoms with Crippen molar-refractivity contribution in [1.82, 2.24) is 4.98 Å². The molecule has 22 heavy (non-hydrogen) atoms. The van der Waals surface area contributed by atoms with Crippen molar-refractivity contribution in [1.29, 1.82) is 5.26 Å². The fourth-order valence-electron chi connectivity index (χ4n) is 2.58. The Morgan fingerprint density at radius 1 is 1.45 bits per heavy atom. The van der Waals surface area contributed by atoms with Gasteiger partial charge in [0.2, 0.25) is 0 Å². The van der Waals surface area contributed by atoms with Crippen LogP contribution < -0.4 is 10.2 Å². The lowest BCUT2D eigenvalue weighted by Crippen LogP contribution is -2.36. The minimum atomic E-state index is -0.188. The molecule has 0 spiro atoms. The molecule has 2 aromatic rings. The van der Waals surface area contributed by atoms with Crippen LogP contribution in [0, 0.1) is 11.3 Å². The highest BCUT2D eigenvalue weighted by Crippen LogP contribution is 2.27. The monoisotopic (exact) mass is 314 g/mol. The first-order valence-corrected chi connectivity index (χ1v) is 8.23. The molecule has 6 heteroatoms. The van der Waals surface area contributed by atoms with Gasteiger partial charge < -0.3 is 15.3 Å². The molecule has 0 aliphatic carbocycles. The number of piperidine rings is 1. The van der Waals surface area contributed by atoms with E-state index in [2.05, 4.69) is 21.3 Å². The van der Waals surface area contributed by atoms with Crippen molar-refractivity contribution < 1.29 is 5.11 Å². The second kappa shape index (κ2) is 6.77. The lowest BCUT2D eigenvalue weighted by atomic mass is 10.1. The van der Waals surface area contributed by atoms with Gasteiger partial charge in [0.1, 0.15) is 6.07 Å². The van der Waals surface area contributed by atoms with E-state index in [4.69, 9.17) is 5.26 Å². The Morgan fingerprint density at radius 2 is 2.27 bits per heavy atom. The molecule has 1 saturated heterocycles. The van der Waals surface area contributed by atoms with Crippen LogP contribution in [0.5, 0.6) is 0 Å². The van der Waals surface area contributed by atoms with Crippen LogP contribution in [0.1, 0.15) is 23.3 Å². The maximum absolute atomic E-state index is 9.63. The zero-order valence-corrected chi connectivity index (χ0v) is 13.0. The number of hydrogen-bond acceptors (Lipinski definition) is 6. The van der Waals surface area contributed by atoms with E-state index in [0.29, 0.717) is 12.1 Å². The molecule has 0 bridgehead atoms. The van der Waals surface area contributed by atoms with Gasteiger partial charge >= 0.3 is 0 Å². The van der Waals surface area contributed by atoms with E-state index in [9.17, 15) is 5.11 Å². The van der Waals surface area contributed by atoms with E-state index >= 15 is 0 Å². The van der Waals surface area contributed by atoms with Gasteiger partial charge in [-0.1, -0.05) is 0 Å². The van der Waals surface area contributed by atoms with Gasteiger partial charge in [0, 0.05) is 36.1 Å². The quantitative estimate of drug-likeness (QED) is 0.907. The van der Waals surface area contributed by atoms with Crippen LogP contribution in [-0.4, -0.2) is 29.3 Å². The molecular formula is C16H18N4OS. The number of aliphatic hydroxyl groups is 1. The number of nitrogens with zero attached hydrogens (tertiary/aromatic N) is 3. The summed E-state index contributed by atoms with van der Waals surface area (Å²) in [5.41, 5.74) is 1.70. The number of aliphatic hydroxyl groups excluding tert-OH is 1. The summed E-state index contributed by atoms with van der Waals surface area (Å²) < 4.78 is 0.